The highest BCUT2D eigenvalue weighted by molar-refractivity contribution is 5.70. The molecule has 0 radical (unpaired) electrons. The fourth-order valence-electron chi connectivity index (χ4n) is 5.51. The summed E-state index contributed by atoms with van der Waals surface area (Å²) in [7, 11) is 0. The van der Waals surface area contributed by atoms with E-state index in [9.17, 15) is 14.7 Å². The lowest BCUT2D eigenvalue weighted by molar-refractivity contribution is -0.161. The van der Waals surface area contributed by atoms with Gasteiger partial charge in [0.1, 0.15) is 6.61 Å². The molecule has 5 heteroatoms. The van der Waals surface area contributed by atoms with Crippen molar-refractivity contribution in [1.82, 2.24) is 0 Å². The molecule has 0 saturated heterocycles. The Morgan fingerprint density at radius 2 is 0.629 bits per heavy atom. The van der Waals surface area contributed by atoms with E-state index in [1.54, 1.807) is 0 Å². The quantitative estimate of drug-likeness (QED) is 0.0378. The molecule has 0 saturated carbocycles. The fraction of sp³-hybridized carbons (Fsp3) is 0.474. The number of carbonyl (C=O) groups is 2. The maximum atomic E-state index is 12.2. The van der Waals surface area contributed by atoms with Crippen molar-refractivity contribution in [3.8, 4) is 0 Å². The fourth-order valence-corrected chi connectivity index (χ4v) is 5.51. The molecule has 0 aromatic carbocycles. The average Bonchev–Trinajstić information content (AvgIpc) is 3.28. The molecule has 0 aromatic heterocycles. The van der Waals surface area contributed by atoms with E-state index in [1.807, 2.05) is 0 Å². The lowest BCUT2D eigenvalue weighted by Crippen LogP contribution is -2.28. The van der Waals surface area contributed by atoms with Crippen LogP contribution in [0, 0.1) is 0 Å². The number of ether oxygens (including phenoxy) is 2. The van der Waals surface area contributed by atoms with E-state index in [-0.39, 0.29) is 31.6 Å². The smallest absolute Gasteiger partial charge is 0.306 e. The summed E-state index contributed by atoms with van der Waals surface area (Å²) in [6, 6.07) is 0. The number of carbonyl (C=O) groups excluding carboxylic acids is 2. The number of hydrogen-bond acceptors (Lipinski definition) is 5. The lowest BCUT2D eigenvalue weighted by atomic mass is 10.1. The average molecular weight is 849 g/mol. The van der Waals surface area contributed by atoms with Crippen molar-refractivity contribution in [1.29, 1.82) is 0 Å². The minimum absolute atomic E-state index is 0.120. The second kappa shape index (κ2) is 50.6. The first kappa shape index (κ1) is 57.3. The summed E-state index contributed by atoms with van der Waals surface area (Å²) >= 11 is 0. The molecule has 0 fully saturated rings. The Bertz CT molecular complexity index is 1470. The molecule has 0 spiro atoms. The number of allylic oxidation sites excluding steroid dienone is 28. The molecule has 0 aromatic rings. The van der Waals surface area contributed by atoms with Crippen molar-refractivity contribution in [3.05, 3.63) is 170 Å². The molecule has 1 atom stereocenters. The van der Waals surface area contributed by atoms with Gasteiger partial charge >= 0.3 is 11.9 Å². The SMILES string of the molecule is CC/C=C\C/C=C\C/C=C\C/C=C\C/C=C\C/C=C\C/C=C\C/C=C\CCCCC(=O)OC(CO)COC(=O)CCCC/C=C\C/C=C\C/C=C\C/C=C\C/C=C\C/C=C\CC. The number of hydrogen-bond donors (Lipinski definition) is 1. The topological polar surface area (TPSA) is 72.8 Å². The molecule has 5 nitrogen and oxygen atoms in total. The summed E-state index contributed by atoms with van der Waals surface area (Å²) in [5, 5.41) is 9.60. The van der Waals surface area contributed by atoms with E-state index in [0.717, 1.165) is 122 Å². The van der Waals surface area contributed by atoms with Crippen LogP contribution >= 0.6 is 0 Å². The number of aliphatic hydroxyl groups is 1. The molecular weight excluding hydrogens is 765 g/mol. The number of rotatable bonds is 40. The van der Waals surface area contributed by atoms with E-state index < -0.39 is 6.10 Å². The van der Waals surface area contributed by atoms with Gasteiger partial charge in [0.05, 0.1) is 6.61 Å². The summed E-state index contributed by atoms with van der Waals surface area (Å²) in [5.74, 6) is -0.713. The van der Waals surface area contributed by atoms with Gasteiger partial charge in [0.25, 0.3) is 0 Å². The zero-order chi connectivity index (χ0) is 44.9. The van der Waals surface area contributed by atoms with Gasteiger partial charge in [-0.3, -0.25) is 9.59 Å². The van der Waals surface area contributed by atoms with E-state index in [4.69, 9.17) is 9.47 Å². The molecule has 0 bridgehead atoms. The Labute approximate surface area is 379 Å². The van der Waals surface area contributed by atoms with Crippen LogP contribution in [0.2, 0.25) is 0 Å². The molecule has 0 aliphatic rings. The van der Waals surface area contributed by atoms with Crippen LogP contribution in [-0.4, -0.2) is 36.4 Å². The number of unbranched alkanes of at least 4 members (excludes halogenated alkanes) is 4. The highest BCUT2D eigenvalue weighted by Gasteiger charge is 2.16. The van der Waals surface area contributed by atoms with Gasteiger partial charge in [-0.15, -0.1) is 0 Å². The molecular formula is C57H84O5. The van der Waals surface area contributed by atoms with E-state index in [1.165, 1.54) is 0 Å². The van der Waals surface area contributed by atoms with Crippen molar-refractivity contribution in [2.75, 3.05) is 13.2 Å². The second-order valence-electron chi connectivity index (χ2n) is 14.7. The number of esters is 2. The standard InChI is InChI=1S/C57H84O5/c1-3-5-7-9-11-13-15-17-19-21-23-25-26-27-28-29-30-32-34-36-38-40-42-44-46-48-50-52-57(60)62-55(53-58)54-61-56(59)51-49-47-45-43-41-39-37-35-33-31-24-22-20-18-16-14-12-10-8-6-4-2/h5-8,11-14,17-20,23-25,27-28,30-32,35-38,41-44,55,58H,3-4,9-10,15-16,21-22,26,29,33-34,39-40,45-54H2,1-2H3/b7-5-,8-6-,13-11-,14-12-,19-17-,20-18-,25-23-,28-27-,31-24-,32-30-,37-35-,38-36-,43-41-,44-42-. The predicted octanol–water partition coefficient (Wildman–Crippen LogP) is 15.8. The van der Waals surface area contributed by atoms with Crippen LogP contribution in [0.4, 0.5) is 0 Å². The Morgan fingerprint density at radius 3 is 0.903 bits per heavy atom. The van der Waals surface area contributed by atoms with Crippen molar-refractivity contribution in [2.45, 2.75) is 161 Å². The summed E-state index contributed by atoms with van der Waals surface area (Å²) in [5.41, 5.74) is 0. The minimum Gasteiger partial charge on any atom is -0.462 e. The maximum absolute atomic E-state index is 12.2. The van der Waals surface area contributed by atoms with Gasteiger partial charge in [-0.25, -0.2) is 0 Å². The van der Waals surface area contributed by atoms with Crippen LogP contribution in [0.3, 0.4) is 0 Å². The van der Waals surface area contributed by atoms with Crippen LogP contribution in [-0.2, 0) is 19.1 Å². The Kier molecular flexibility index (Phi) is 46.7. The zero-order valence-electron chi connectivity index (χ0n) is 38.8. The van der Waals surface area contributed by atoms with Crippen LogP contribution in [0.25, 0.3) is 0 Å². The summed E-state index contributed by atoms with van der Waals surface area (Å²) in [6.45, 7) is 3.81. The highest BCUT2D eigenvalue weighted by atomic mass is 16.6. The zero-order valence-corrected chi connectivity index (χ0v) is 38.8. The minimum atomic E-state index is -0.829. The van der Waals surface area contributed by atoms with Gasteiger partial charge in [-0.2, -0.15) is 0 Å². The van der Waals surface area contributed by atoms with Crippen molar-refractivity contribution in [3.63, 3.8) is 0 Å². The molecule has 342 valence electrons. The first-order valence-electron chi connectivity index (χ1n) is 23.7. The number of aliphatic hydroxyl groups excluding tert-OH is 1. The predicted molar refractivity (Wildman–Crippen MR) is 269 cm³/mol. The summed E-state index contributed by atoms with van der Waals surface area (Å²) in [6.07, 6.45) is 80.0. The molecule has 0 aliphatic carbocycles. The van der Waals surface area contributed by atoms with Gasteiger partial charge in [-0.05, 0) is 128 Å². The molecule has 0 rings (SSSR count). The molecule has 0 amide bonds. The van der Waals surface area contributed by atoms with Gasteiger partial charge < -0.3 is 14.6 Å². The van der Waals surface area contributed by atoms with Gasteiger partial charge in [0.15, 0.2) is 6.10 Å². The largest absolute Gasteiger partial charge is 0.462 e. The van der Waals surface area contributed by atoms with Crippen LogP contribution < -0.4 is 0 Å². The third-order valence-corrected chi connectivity index (χ3v) is 9.01. The maximum Gasteiger partial charge on any atom is 0.306 e. The van der Waals surface area contributed by atoms with Crippen LogP contribution in [0.5, 0.6) is 0 Å². The second-order valence-corrected chi connectivity index (χ2v) is 14.7. The van der Waals surface area contributed by atoms with Gasteiger partial charge in [0.2, 0.25) is 0 Å². The lowest BCUT2D eigenvalue weighted by Gasteiger charge is -2.15. The molecule has 0 heterocycles. The van der Waals surface area contributed by atoms with Crippen LogP contribution in [0.1, 0.15) is 155 Å². The third-order valence-electron chi connectivity index (χ3n) is 9.01. The van der Waals surface area contributed by atoms with Crippen molar-refractivity contribution in [2.24, 2.45) is 0 Å². The first-order valence-corrected chi connectivity index (χ1v) is 23.7. The monoisotopic (exact) mass is 849 g/mol. The Hall–Kier alpha value is -4.74. The van der Waals surface area contributed by atoms with Crippen molar-refractivity contribution < 1.29 is 24.2 Å². The van der Waals surface area contributed by atoms with Gasteiger partial charge in [-0.1, -0.05) is 184 Å². The molecule has 1 N–H and O–H groups in total. The van der Waals surface area contributed by atoms with Gasteiger partial charge in [0, 0.05) is 12.8 Å². The highest BCUT2D eigenvalue weighted by Crippen LogP contribution is 2.08. The Morgan fingerprint density at radius 1 is 0.371 bits per heavy atom. The molecule has 0 aliphatic heterocycles. The summed E-state index contributed by atoms with van der Waals surface area (Å²) < 4.78 is 10.6. The third kappa shape index (κ3) is 47.9. The van der Waals surface area contributed by atoms with E-state index >= 15 is 0 Å². The van der Waals surface area contributed by atoms with E-state index in [2.05, 4.69) is 184 Å². The first-order chi connectivity index (χ1) is 30.6. The Balaban J connectivity index is 3.79. The summed E-state index contributed by atoms with van der Waals surface area (Å²) in [4.78, 5) is 24.4. The van der Waals surface area contributed by atoms with E-state index in [0.29, 0.717) is 12.8 Å². The van der Waals surface area contributed by atoms with Crippen LogP contribution in [0.15, 0.2) is 170 Å². The molecule has 62 heavy (non-hydrogen) atoms. The normalized spacial score (nSPS) is 13.8. The van der Waals surface area contributed by atoms with Crippen molar-refractivity contribution >= 4 is 11.9 Å². The molecule has 1 unspecified atom stereocenters.